The van der Waals surface area contributed by atoms with Gasteiger partial charge in [0, 0.05) is 5.69 Å². The average molecular weight is 266 g/mol. The molecule has 0 atom stereocenters. The van der Waals surface area contributed by atoms with Crippen LogP contribution in [-0.2, 0) is 0 Å². The largest absolute Gasteiger partial charge is 0.491 e. The molecule has 2 aromatic rings. The van der Waals surface area contributed by atoms with Crippen molar-refractivity contribution in [2.24, 2.45) is 0 Å². The lowest BCUT2D eigenvalue weighted by molar-refractivity contribution is 0.242. The third kappa shape index (κ3) is 3.30. The molecule has 0 aromatic heterocycles. The number of hydrogen-bond acceptors (Lipinski definition) is 3. The minimum absolute atomic E-state index is 0.162. The average Bonchev–Trinajstić information content (AvgIpc) is 2.42. The number of para-hydroxylation sites is 1. The third-order valence-electron chi connectivity index (χ3n) is 2.89. The molecule has 20 heavy (non-hydrogen) atoms. The molecule has 3 heteroatoms. The molecule has 0 saturated heterocycles. The van der Waals surface area contributed by atoms with Gasteiger partial charge in [-0.2, -0.15) is 5.26 Å². The highest BCUT2D eigenvalue weighted by molar-refractivity contribution is 5.70. The van der Waals surface area contributed by atoms with E-state index in [2.05, 4.69) is 11.4 Å². The molecule has 0 aliphatic rings. The zero-order chi connectivity index (χ0) is 14.5. The fourth-order valence-corrected chi connectivity index (χ4v) is 1.96. The summed E-state index contributed by atoms with van der Waals surface area (Å²) in [5.74, 6) is 0.843. The quantitative estimate of drug-likeness (QED) is 0.892. The maximum atomic E-state index is 9.15. The highest BCUT2D eigenvalue weighted by atomic mass is 16.5. The van der Waals surface area contributed by atoms with Crippen molar-refractivity contribution < 1.29 is 4.74 Å². The monoisotopic (exact) mass is 266 g/mol. The predicted octanol–water partition coefficient (Wildman–Crippen LogP) is 4.40. The Morgan fingerprint density at radius 3 is 2.40 bits per heavy atom. The standard InChI is InChI=1S/C17H18N2O/c1-12(2)20-16-9-7-15(8-10-16)19-17-13(3)5-4-6-14(17)11-18/h4-10,12,19H,1-3H3. The van der Waals surface area contributed by atoms with Crippen molar-refractivity contribution in [1.29, 1.82) is 5.26 Å². The molecule has 0 amide bonds. The second-order valence-electron chi connectivity index (χ2n) is 4.93. The fourth-order valence-electron chi connectivity index (χ4n) is 1.96. The van der Waals surface area contributed by atoms with Crippen molar-refractivity contribution in [3.63, 3.8) is 0 Å². The van der Waals surface area contributed by atoms with Crippen LogP contribution < -0.4 is 10.1 Å². The van der Waals surface area contributed by atoms with Gasteiger partial charge in [-0.25, -0.2) is 0 Å². The molecule has 0 saturated carbocycles. The first-order valence-corrected chi connectivity index (χ1v) is 6.63. The van der Waals surface area contributed by atoms with Crippen LogP contribution in [-0.4, -0.2) is 6.10 Å². The van der Waals surface area contributed by atoms with Crippen LogP contribution in [0.25, 0.3) is 0 Å². The molecule has 0 heterocycles. The number of ether oxygens (including phenoxy) is 1. The number of nitriles is 1. The van der Waals surface area contributed by atoms with Crippen LogP contribution in [0, 0.1) is 18.3 Å². The van der Waals surface area contributed by atoms with Gasteiger partial charge >= 0.3 is 0 Å². The summed E-state index contributed by atoms with van der Waals surface area (Å²) in [4.78, 5) is 0. The van der Waals surface area contributed by atoms with Gasteiger partial charge < -0.3 is 10.1 Å². The normalized spacial score (nSPS) is 10.2. The number of nitrogens with zero attached hydrogens (tertiary/aromatic N) is 1. The summed E-state index contributed by atoms with van der Waals surface area (Å²) >= 11 is 0. The highest BCUT2D eigenvalue weighted by Crippen LogP contribution is 2.25. The summed E-state index contributed by atoms with van der Waals surface area (Å²) in [5, 5.41) is 12.4. The number of rotatable bonds is 4. The smallest absolute Gasteiger partial charge is 0.119 e. The first kappa shape index (κ1) is 14.0. The van der Waals surface area contributed by atoms with E-state index >= 15 is 0 Å². The van der Waals surface area contributed by atoms with Gasteiger partial charge in [0.1, 0.15) is 11.8 Å². The molecule has 3 nitrogen and oxygen atoms in total. The van der Waals surface area contributed by atoms with E-state index in [1.165, 1.54) is 0 Å². The van der Waals surface area contributed by atoms with E-state index < -0.39 is 0 Å². The summed E-state index contributed by atoms with van der Waals surface area (Å²) < 4.78 is 5.61. The van der Waals surface area contributed by atoms with Crippen molar-refractivity contribution in [2.75, 3.05) is 5.32 Å². The lowest BCUT2D eigenvalue weighted by Crippen LogP contribution is -2.05. The second kappa shape index (κ2) is 6.12. The van der Waals surface area contributed by atoms with Crippen molar-refractivity contribution >= 4 is 11.4 Å². The van der Waals surface area contributed by atoms with Gasteiger partial charge in [-0.15, -0.1) is 0 Å². The zero-order valence-corrected chi connectivity index (χ0v) is 12.0. The van der Waals surface area contributed by atoms with Gasteiger partial charge in [0.2, 0.25) is 0 Å². The topological polar surface area (TPSA) is 45.0 Å². The second-order valence-corrected chi connectivity index (χ2v) is 4.93. The van der Waals surface area contributed by atoms with Crippen LogP contribution in [0.15, 0.2) is 42.5 Å². The van der Waals surface area contributed by atoms with E-state index in [1.807, 2.05) is 63.2 Å². The van der Waals surface area contributed by atoms with Gasteiger partial charge in [0.15, 0.2) is 0 Å². The van der Waals surface area contributed by atoms with E-state index in [1.54, 1.807) is 0 Å². The first-order valence-electron chi connectivity index (χ1n) is 6.63. The maximum absolute atomic E-state index is 9.15. The summed E-state index contributed by atoms with van der Waals surface area (Å²) in [7, 11) is 0. The zero-order valence-electron chi connectivity index (χ0n) is 12.0. The Balaban J connectivity index is 2.21. The van der Waals surface area contributed by atoms with E-state index in [-0.39, 0.29) is 6.10 Å². The van der Waals surface area contributed by atoms with E-state index in [4.69, 9.17) is 10.00 Å². The van der Waals surface area contributed by atoms with E-state index in [9.17, 15) is 0 Å². The molecule has 0 spiro atoms. The highest BCUT2D eigenvalue weighted by Gasteiger charge is 2.05. The number of anilines is 2. The van der Waals surface area contributed by atoms with Crippen molar-refractivity contribution in [3.05, 3.63) is 53.6 Å². The van der Waals surface area contributed by atoms with Crippen LogP contribution in [0.4, 0.5) is 11.4 Å². The van der Waals surface area contributed by atoms with Gasteiger partial charge in [-0.1, -0.05) is 12.1 Å². The maximum Gasteiger partial charge on any atom is 0.119 e. The number of benzene rings is 2. The summed E-state index contributed by atoms with van der Waals surface area (Å²) in [6, 6.07) is 15.6. The molecular weight excluding hydrogens is 248 g/mol. The van der Waals surface area contributed by atoms with E-state index in [0.717, 1.165) is 22.7 Å². The lowest BCUT2D eigenvalue weighted by Gasteiger charge is -2.13. The van der Waals surface area contributed by atoms with Gasteiger partial charge in [-0.3, -0.25) is 0 Å². The molecule has 0 bridgehead atoms. The molecular formula is C17H18N2O. The van der Waals surface area contributed by atoms with Crippen molar-refractivity contribution in [2.45, 2.75) is 26.9 Å². The first-order chi connectivity index (χ1) is 9.60. The molecule has 2 rings (SSSR count). The summed E-state index contributed by atoms with van der Waals surface area (Å²) in [6.45, 7) is 5.98. The van der Waals surface area contributed by atoms with Gasteiger partial charge in [0.25, 0.3) is 0 Å². The minimum atomic E-state index is 0.162. The number of nitrogens with one attached hydrogen (secondary N) is 1. The van der Waals surface area contributed by atoms with Gasteiger partial charge in [0.05, 0.1) is 17.4 Å². The van der Waals surface area contributed by atoms with Crippen LogP contribution in [0.5, 0.6) is 5.75 Å². The Hall–Kier alpha value is -2.47. The minimum Gasteiger partial charge on any atom is -0.491 e. The Morgan fingerprint density at radius 2 is 1.80 bits per heavy atom. The Bertz CT molecular complexity index is 624. The molecule has 102 valence electrons. The van der Waals surface area contributed by atoms with Gasteiger partial charge in [-0.05, 0) is 56.7 Å². The molecule has 0 aliphatic carbocycles. The molecule has 0 radical (unpaired) electrons. The van der Waals surface area contributed by atoms with Crippen molar-refractivity contribution in [3.8, 4) is 11.8 Å². The van der Waals surface area contributed by atoms with Crippen LogP contribution in [0.3, 0.4) is 0 Å². The molecule has 1 N–H and O–H groups in total. The fraction of sp³-hybridized carbons (Fsp3) is 0.235. The number of aryl methyl sites for hydroxylation is 1. The summed E-state index contributed by atoms with van der Waals surface area (Å²) in [6.07, 6.45) is 0.162. The predicted molar refractivity (Wildman–Crippen MR) is 81.4 cm³/mol. The van der Waals surface area contributed by atoms with Crippen LogP contribution in [0.2, 0.25) is 0 Å². The summed E-state index contributed by atoms with van der Waals surface area (Å²) in [5.41, 5.74) is 3.48. The Kier molecular flexibility index (Phi) is 4.27. The molecule has 0 fully saturated rings. The third-order valence-corrected chi connectivity index (χ3v) is 2.89. The number of hydrogen-bond donors (Lipinski definition) is 1. The Labute approximate surface area is 119 Å². The van der Waals surface area contributed by atoms with E-state index in [0.29, 0.717) is 5.56 Å². The SMILES string of the molecule is Cc1cccc(C#N)c1Nc1ccc(OC(C)C)cc1. The van der Waals surface area contributed by atoms with Crippen LogP contribution >= 0.6 is 0 Å². The molecule has 0 aliphatic heterocycles. The molecule has 2 aromatic carbocycles. The Morgan fingerprint density at radius 1 is 1.10 bits per heavy atom. The molecule has 0 unspecified atom stereocenters. The van der Waals surface area contributed by atoms with Crippen LogP contribution in [0.1, 0.15) is 25.0 Å². The van der Waals surface area contributed by atoms with Crippen molar-refractivity contribution in [1.82, 2.24) is 0 Å². The lowest BCUT2D eigenvalue weighted by atomic mass is 10.1.